The SMILES string of the molecule is CC1c2cc(O)c3ccccc3c2OC1N1CCOCC1. The normalized spacial score (nSPS) is 25.8. The minimum Gasteiger partial charge on any atom is -0.507 e. The second kappa shape index (κ2) is 4.90. The lowest BCUT2D eigenvalue weighted by atomic mass is 9.96. The molecule has 0 spiro atoms. The van der Waals surface area contributed by atoms with Gasteiger partial charge in [-0.15, -0.1) is 0 Å². The van der Waals surface area contributed by atoms with E-state index in [1.165, 1.54) is 0 Å². The van der Waals surface area contributed by atoms with Gasteiger partial charge in [-0.05, 0) is 6.07 Å². The van der Waals surface area contributed by atoms with E-state index in [1.54, 1.807) is 0 Å². The molecule has 110 valence electrons. The Morgan fingerprint density at radius 1 is 1.14 bits per heavy atom. The molecule has 0 saturated carbocycles. The van der Waals surface area contributed by atoms with Crippen molar-refractivity contribution in [2.45, 2.75) is 19.1 Å². The van der Waals surface area contributed by atoms with Gasteiger partial charge in [0.15, 0.2) is 6.23 Å². The van der Waals surface area contributed by atoms with Gasteiger partial charge in [-0.25, -0.2) is 0 Å². The Morgan fingerprint density at radius 2 is 1.86 bits per heavy atom. The molecule has 21 heavy (non-hydrogen) atoms. The van der Waals surface area contributed by atoms with Gasteiger partial charge < -0.3 is 14.6 Å². The number of benzene rings is 2. The second-order valence-corrected chi connectivity index (χ2v) is 5.81. The summed E-state index contributed by atoms with van der Waals surface area (Å²) in [5.74, 6) is 1.50. The van der Waals surface area contributed by atoms with Crippen molar-refractivity contribution in [1.82, 2.24) is 4.90 Å². The van der Waals surface area contributed by atoms with Crippen molar-refractivity contribution in [1.29, 1.82) is 0 Å². The van der Waals surface area contributed by atoms with Crippen LogP contribution in [-0.2, 0) is 4.74 Å². The van der Waals surface area contributed by atoms with Gasteiger partial charge >= 0.3 is 0 Å². The van der Waals surface area contributed by atoms with E-state index in [1.807, 2.05) is 30.3 Å². The van der Waals surface area contributed by atoms with E-state index >= 15 is 0 Å². The van der Waals surface area contributed by atoms with E-state index in [0.717, 1.165) is 48.4 Å². The third-order valence-electron chi connectivity index (χ3n) is 4.56. The Balaban J connectivity index is 1.78. The molecule has 2 unspecified atom stereocenters. The van der Waals surface area contributed by atoms with E-state index in [4.69, 9.17) is 9.47 Å². The molecule has 2 heterocycles. The number of ether oxygens (including phenoxy) is 2. The van der Waals surface area contributed by atoms with Crippen LogP contribution in [0, 0.1) is 0 Å². The Kier molecular flexibility index (Phi) is 3.01. The van der Waals surface area contributed by atoms with Gasteiger partial charge in [-0.3, -0.25) is 4.90 Å². The Bertz CT molecular complexity index is 679. The number of fused-ring (bicyclic) bond motifs is 3. The molecule has 1 saturated heterocycles. The van der Waals surface area contributed by atoms with E-state index in [9.17, 15) is 5.11 Å². The van der Waals surface area contributed by atoms with Crippen LogP contribution in [-0.4, -0.2) is 42.5 Å². The Labute approximate surface area is 123 Å². The second-order valence-electron chi connectivity index (χ2n) is 5.81. The van der Waals surface area contributed by atoms with Crippen molar-refractivity contribution in [3.63, 3.8) is 0 Å². The van der Waals surface area contributed by atoms with Crippen molar-refractivity contribution < 1.29 is 14.6 Å². The first-order valence-electron chi connectivity index (χ1n) is 7.49. The Hall–Kier alpha value is -1.78. The molecular formula is C17H19NO3. The maximum absolute atomic E-state index is 10.3. The zero-order chi connectivity index (χ0) is 14.4. The molecule has 2 aliphatic heterocycles. The summed E-state index contributed by atoms with van der Waals surface area (Å²) in [4.78, 5) is 2.33. The predicted octanol–water partition coefficient (Wildman–Crippen LogP) is 2.70. The number of phenols is 1. The third kappa shape index (κ3) is 1.98. The summed E-state index contributed by atoms with van der Waals surface area (Å²) in [7, 11) is 0. The molecule has 2 aromatic carbocycles. The summed E-state index contributed by atoms with van der Waals surface area (Å²) in [5.41, 5.74) is 1.10. The number of phenolic OH excluding ortho intramolecular Hbond substituents is 1. The molecule has 4 rings (SSSR count). The van der Waals surface area contributed by atoms with E-state index in [-0.39, 0.29) is 12.1 Å². The average molecular weight is 285 g/mol. The van der Waals surface area contributed by atoms with Crippen LogP contribution in [0.15, 0.2) is 30.3 Å². The first kappa shape index (κ1) is 12.9. The van der Waals surface area contributed by atoms with E-state index < -0.39 is 0 Å². The largest absolute Gasteiger partial charge is 0.507 e. The number of nitrogens with zero attached hydrogens (tertiary/aromatic N) is 1. The number of morpholine rings is 1. The summed E-state index contributed by atoms with van der Waals surface area (Å²) in [6, 6.07) is 9.73. The molecule has 2 aromatic rings. The highest BCUT2D eigenvalue weighted by Gasteiger charge is 2.37. The van der Waals surface area contributed by atoms with Crippen molar-refractivity contribution in [2.75, 3.05) is 26.3 Å². The predicted molar refractivity (Wildman–Crippen MR) is 80.8 cm³/mol. The van der Waals surface area contributed by atoms with Crippen molar-refractivity contribution in [3.8, 4) is 11.5 Å². The van der Waals surface area contributed by atoms with E-state index in [2.05, 4.69) is 11.8 Å². The smallest absolute Gasteiger partial charge is 0.159 e. The van der Waals surface area contributed by atoms with Crippen molar-refractivity contribution in [2.24, 2.45) is 0 Å². The standard InChI is InChI=1S/C17H19NO3/c1-11-14-10-15(19)12-4-2-3-5-13(12)16(14)21-17(11)18-6-8-20-9-7-18/h2-5,10-11,17,19H,6-9H2,1H3. The molecule has 4 heteroatoms. The maximum Gasteiger partial charge on any atom is 0.159 e. The van der Waals surface area contributed by atoms with Gasteiger partial charge in [-0.1, -0.05) is 31.2 Å². The molecule has 0 aromatic heterocycles. The summed E-state index contributed by atoms with van der Waals surface area (Å²) < 4.78 is 11.7. The van der Waals surface area contributed by atoms with Crippen LogP contribution in [0.4, 0.5) is 0 Å². The van der Waals surface area contributed by atoms with Crippen LogP contribution in [0.5, 0.6) is 11.5 Å². The van der Waals surface area contributed by atoms with Crippen LogP contribution in [0.1, 0.15) is 18.4 Å². The minimum absolute atomic E-state index is 0.0362. The topological polar surface area (TPSA) is 41.9 Å². The van der Waals surface area contributed by atoms with Crippen LogP contribution in [0.2, 0.25) is 0 Å². The molecular weight excluding hydrogens is 266 g/mol. The lowest BCUT2D eigenvalue weighted by Gasteiger charge is -2.33. The molecule has 2 atom stereocenters. The van der Waals surface area contributed by atoms with Crippen LogP contribution in [0.25, 0.3) is 10.8 Å². The monoisotopic (exact) mass is 285 g/mol. The van der Waals surface area contributed by atoms with Gasteiger partial charge in [0.25, 0.3) is 0 Å². The molecule has 0 amide bonds. The zero-order valence-corrected chi connectivity index (χ0v) is 12.1. The molecule has 0 bridgehead atoms. The van der Waals surface area contributed by atoms with Crippen LogP contribution >= 0.6 is 0 Å². The van der Waals surface area contributed by atoms with Crippen LogP contribution in [0.3, 0.4) is 0 Å². The van der Waals surface area contributed by atoms with Crippen molar-refractivity contribution >= 4 is 10.8 Å². The minimum atomic E-state index is 0.0362. The number of hydrogen-bond donors (Lipinski definition) is 1. The van der Waals surface area contributed by atoms with Crippen molar-refractivity contribution in [3.05, 3.63) is 35.9 Å². The molecule has 2 aliphatic rings. The molecule has 4 nitrogen and oxygen atoms in total. The molecule has 0 aliphatic carbocycles. The van der Waals surface area contributed by atoms with Gasteiger partial charge in [0.1, 0.15) is 11.5 Å². The van der Waals surface area contributed by atoms with Gasteiger partial charge in [0.2, 0.25) is 0 Å². The van der Waals surface area contributed by atoms with Gasteiger partial charge in [-0.2, -0.15) is 0 Å². The highest BCUT2D eigenvalue weighted by atomic mass is 16.5. The maximum atomic E-state index is 10.3. The number of aromatic hydroxyl groups is 1. The van der Waals surface area contributed by atoms with Gasteiger partial charge in [0, 0.05) is 35.3 Å². The zero-order valence-electron chi connectivity index (χ0n) is 12.1. The summed E-state index contributed by atoms with van der Waals surface area (Å²) in [6.45, 7) is 5.48. The Morgan fingerprint density at radius 3 is 2.62 bits per heavy atom. The number of rotatable bonds is 1. The lowest BCUT2D eigenvalue weighted by molar-refractivity contribution is -0.0441. The average Bonchev–Trinajstić information content (AvgIpc) is 2.86. The van der Waals surface area contributed by atoms with E-state index in [0.29, 0.717) is 5.75 Å². The first-order valence-corrected chi connectivity index (χ1v) is 7.49. The molecule has 1 N–H and O–H groups in total. The summed E-state index contributed by atoms with van der Waals surface area (Å²) in [5, 5.41) is 12.1. The highest BCUT2D eigenvalue weighted by Crippen LogP contribution is 2.46. The quantitative estimate of drug-likeness (QED) is 0.874. The highest BCUT2D eigenvalue weighted by molar-refractivity contribution is 5.94. The van der Waals surface area contributed by atoms with Crippen LogP contribution < -0.4 is 4.74 Å². The number of hydrogen-bond acceptors (Lipinski definition) is 4. The lowest BCUT2D eigenvalue weighted by Crippen LogP contribution is -2.46. The fourth-order valence-electron chi connectivity index (χ4n) is 3.42. The molecule has 0 radical (unpaired) electrons. The molecule has 1 fully saturated rings. The summed E-state index contributed by atoms with van der Waals surface area (Å²) >= 11 is 0. The van der Waals surface area contributed by atoms with Gasteiger partial charge in [0.05, 0.1) is 13.2 Å². The third-order valence-corrected chi connectivity index (χ3v) is 4.56. The summed E-state index contributed by atoms with van der Waals surface area (Å²) in [6.07, 6.45) is 0.0362. The first-order chi connectivity index (χ1) is 10.3. The fraction of sp³-hybridized carbons (Fsp3) is 0.412. The fourth-order valence-corrected chi connectivity index (χ4v) is 3.42.